The number of thiophene rings is 1. The van der Waals surface area contributed by atoms with E-state index in [9.17, 15) is 9.90 Å². The van der Waals surface area contributed by atoms with Crippen LogP contribution in [0.1, 0.15) is 27.2 Å². The number of pyridine rings is 1. The zero-order chi connectivity index (χ0) is 16.4. The lowest BCUT2D eigenvalue weighted by Gasteiger charge is -2.12. The molecule has 0 saturated heterocycles. The highest BCUT2D eigenvalue weighted by Gasteiger charge is 2.17. The van der Waals surface area contributed by atoms with Crippen LogP contribution in [0.3, 0.4) is 0 Å². The maximum absolute atomic E-state index is 11.0. The molecule has 2 aromatic heterocycles. The molecule has 0 radical (unpaired) electrons. The fourth-order valence-corrected chi connectivity index (χ4v) is 3.05. The summed E-state index contributed by atoms with van der Waals surface area (Å²) in [6.45, 7) is 3.78. The maximum Gasteiger partial charge on any atom is 0.150 e. The number of carboxylic acid groups (broad SMARTS) is 1. The lowest BCUT2D eigenvalue weighted by molar-refractivity contribution is -0.255. The standard InChI is InChI=1S/C13H10Cl3N3O2S/c1-5-3-4-7(22-5)6(2)18-19-10-8(14)11(13(20)21)17-12(16)9(10)15/h3-4H,1-2H3,(H,17,19)(H,20,21)/p-1/b18-6-. The van der Waals surface area contributed by atoms with Crippen LogP contribution >= 0.6 is 46.1 Å². The normalized spacial score (nSPS) is 11.6. The quantitative estimate of drug-likeness (QED) is 0.501. The summed E-state index contributed by atoms with van der Waals surface area (Å²) in [6, 6.07) is 3.90. The van der Waals surface area contributed by atoms with Crippen LogP contribution in [-0.4, -0.2) is 16.7 Å². The summed E-state index contributed by atoms with van der Waals surface area (Å²) < 4.78 is 0. The Labute approximate surface area is 145 Å². The highest BCUT2D eigenvalue weighted by molar-refractivity contribution is 7.14. The number of carboxylic acids is 1. The molecule has 0 aliphatic heterocycles. The molecule has 0 unspecified atom stereocenters. The third-order valence-corrected chi connectivity index (χ3v) is 4.88. The molecule has 0 aromatic carbocycles. The third kappa shape index (κ3) is 3.52. The van der Waals surface area contributed by atoms with E-state index in [0.717, 1.165) is 9.75 Å². The molecule has 0 spiro atoms. The zero-order valence-corrected chi connectivity index (χ0v) is 14.5. The summed E-state index contributed by atoms with van der Waals surface area (Å²) in [5, 5.41) is 14.7. The topological polar surface area (TPSA) is 77.4 Å². The molecule has 0 fully saturated rings. The van der Waals surface area contributed by atoms with Crippen LogP contribution in [0.15, 0.2) is 17.2 Å². The van der Waals surface area contributed by atoms with E-state index >= 15 is 0 Å². The molecule has 2 aromatic rings. The molecule has 0 aliphatic rings. The summed E-state index contributed by atoms with van der Waals surface area (Å²) >= 11 is 19.3. The number of aryl methyl sites for hydroxylation is 1. The van der Waals surface area contributed by atoms with Crippen LogP contribution in [0.4, 0.5) is 5.69 Å². The molecule has 0 atom stereocenters. The van der Waals surface area contributed by atoms with E-state index in [-0.39, 0.29) is 20.9 Å². The van der Waals surface area contributed by atoms with Gasteiger partial charge in [-0.2, -0.15) is 5.10 Å². The average Bonchev–Trinajstić information content (AvgIpc) is 2.89. The molecule has 2 rings (SSSR count). The lowest BCUT2D eigenvalue weighted by Crippen LogP contribution is -2.24. The number of anilines is 1. The Bertz CT molecular complexity index is 774. The fraction of sp³-hybridized carbons (Fsp3) is 0.154. The van der Waals surface area contributed by atoms with Crippen LogP contribution in [0, 0.1) is 6.92 Å². The minimum absolute atomic E-state index is 0.0180. The van der Waals surface area contributed by atoms with Gasteiger partial charge in [-0.15, -0.1) is 11.3 Å². The highest BCUT2D eigenvalue weighted by Crippen LogP contribution is 2.36. The van der Waals surface area contributed by atoms with Crippen molar-refractivity contribution in [3.8, 4) is 0 Å². The number of carbonyl (C=O) groups excluding carboxylic acids is 1. The largest absolute Gasteiger partial charge is 0.543 e. The summed E-state index contributed by atoms with van der Waals surface area (Å²) in [6.07, 6.45) is 0. The summed E-state index contributed by atoms with van der Waals surface area (Å²) in [5.41, 5.74) is 2.89. The van der Waals surface area contributed by atoms with Gasteiger partial charge in [-0.25, -0.2) is 4.98 Å². The Morgan fingerprint density at radius 1 is 1.32 bits per heavy atom. The van der Waals surface area contributed by atoms with Gasteiger partial charge in [0.05, 0.1) is 27.3 Å². The summed E-state index contributed by atoms with van der Waals surface area (Å²) in [7, 11) is 0. The van der Waals surface area contributed by atoms with Crippen molar-refractivity contribution < 1.29 is 9.90 Å². The number of halogens is 3. The minimum Gasteiger partial charge on any atom is -0.543 e. The number of nitrogens with one attached hydrogen (secondary N) is 1. The fourth-order valence-electron chi connectivity index (χ4n) is 1.57. The van der Waals surface area contributed by atoms with Gasteiger partial charge in [-0.1, -0.05) is 34.8 Å². The number of hydrogen-bond acceptors (Lipinski definition) is 6. The van der Waals surface area contributed by atoms with Crippen molar-refractivity contribution in [3.05, 3.63) is 42.8 Å². The van der Waals surface area contributed by atoms with E-state index in [1.165, 1.54) is 0 Å². The molecular weight excluding hydrogens is 369 g/mol. The van der Waals surface area contributed by atoms with Crippen molar-refractivity contribution >= 4 is 63.5 Å². The van der Waals surface area contributed by atoms with Gasteiger partial charge in [0.25, 0.3) is 0 Å². The Morgan fingerprint density at radius 3 is 2.55 bits per heavy atom. The molecule has 0 amide bonds. The van der Waals surface area contributed by atoms with E-state index in [2.05, 4.69) is 15.5 Å². The first kappa shape index (κ1) is 17.0. The van der Waals surface area contributed by atoms with Crippen LogP contribution in [0.2, 0.25) is 15.2 Å². The lowest BCUT2D eigenvalue weighted by atomic mass is 10.3. The van der Waals surface area contributed by atoms with Gasteiger partial charge in [0.15, 0.2) is 5.15 Å². The zero-order valence-electron chi connectivity index (χ0n) is 11.4. The SMILES string of the molecule is C/C(=N/Nc1c(Cl)c(Cl)nc(C(=O)[O-])c1Cl)c1ccc(C)s1. The minimum atomic E-state index is -1.55. The predicted molar refractivity (Wildman–Crippen MR) is 88.5 cm³/mol. The number of rotatable bonds is 4. The first-order valence-electron chi connectivity index (χ1n) is 5.94. The molecule has 0 aliphatic carbocycles. The Hall–Kier alpha value is -1.34. The van der Waals surface area contributed by atoms with Crippen LogP contribution in [-0.2, 0) is 0 Å². The second kappa shape index (κ2) is 6.83. The van der Waals surface area contributed by atoms with E-state index in [0.29, 0.717) is 5.71 Å². The molecule has 1 N–H and O–H groups in total. The van der Waals surface area contributed by atoms with E-state index in [1.807, 2.05) is 19.1 Å². The highest BCUT2D eigenvalue weighted by atomic mass is 35.5. The monoisotopic (exact) mass is 376 g/mol. The first-order chi connectivity index (χ1) is 10.3. The van der Waals surface area contributed by atoms with Crippen molar-refractivity contribution in [3.63, 3.8) is 0 Å². The van der Waals surface area contributed by atoms with Crippen molar-refractivity contribution in [1.29, 1.82) is 0 Å². The van der Waals surface area contributed by atoms with Gasteiger partial charge in [0.1, 0.15) is 10.7 Å². The smallest absolute Gasteiger partial charge is 0.150 e. The van der Waals surface area contributed by atoms with Crippen molar-refractivity contribution in [1.82, 2.24) is 4.98 Å². The molecule has 0 saturated carbocycles. The number of hydrazone groups is 1. The second-order valence-electron chi connectivity index (χ2n) is 4.26. The Kier molecular flexibility index (Phi) is 5.28. The maximum atomic E-state index is 11.0. The van der Waals surface area contributed by atoms with Gasteiger partial charge < -0.3 is 9.90 Å². The van der Waals surface area contributed by atoms with Gasteiger partial charge in [-0.05, 0) is 26.0 Å². The van der Waals surface area contributed by atoms with Crippen LogP contribution in [0.25, 0.3) is 0 Å². The number of aromatic carboxylic acids is 1. The van der Waals surface area contributed by atoms with E-state index in [4.69, 9.17) is 34.8 Å². The predicted octanol–water partition coefficient (Wildman–Crippen LogP) is 3.61. The molecule has 116 valence electrons. The number of nitrogens with zero attached hydrogens (tertiary/aromatic N) is 2. The van der Waals surface area contributed by atoms with Gasteiger partial charge in [0.2, 0.25) is 0 Å². The van der Waals surface area contributed by atoms with Crippen molar-refractivity contribution in [2.75, 3.05) is 5.43 Å². The molecule has 5 nitrogen and oxygen atoms in total. The Balaban J connectivity index is 2.39. The Morgan fingerprint density at radius 2 is 2.00 bits per heavy atom. The summed E-state index contributed by atoms with van der Waals surface area (Å²) in [5.74, 6) is -1.55. The van der Waals surface area contributed by atoms with Gasteiger partial charge in [-0.3, -0.25) is 5.43 Å². The number of carbonyl (C=O) groups is 1. The molecule has 0 bridgehead atoms. The van der Waals surface area contributed by atoms with Gasteiger partial charge in [0, 0.05) is 4.88 Å². The van der Waals surface area contributed by atoms with Crippen molar-refractivity contribution in [2.45, 2.75) is 13.8 Å². The first-order valence-corrected chi connectivity index (χ1v) is 7.89. The van der Waals surface area contributed by atoms with Gasteiger partial charge >= 0.3 is 0 Å². The molecular formula is C13H9Cl3N3O2S-. The van der Waals surface area contributed by atoms with E-state index < -0.39 is 11.7 Å². The van der Waals surface area contributed by atoms with Crippen LogP contribution < -0.4 is 10.5 Å². The number of aromatic nitrogens is 1. The van der Waals surface area contributed by atoms with Crippen molar-refractivity contribution in [2.24, 2.45) is 5.10 Å². The molecule has 9 heteroatoms. The summed E-state index contributed by atoms with van der Waals surface area (Å²) in [4.78, 5) is 16.7. The average molecular weight is 378 g/mol. The molecule has 22 heavy (non-hydrogen) atoms. The second-order valence-corrected chi connectivity index (χ2v) is 6.66. The third-order valence-electron chi connectivity index (χ3n) is 2.66. The van der Waals surface area contributed by atoms with E-state index in [1.54, 1.807) is 18.3 Å². The number of hydrogen-bond donors (Lipinski definition) is 1. The van der Waals surface area contributed by atoms with Crippen LogP contribution in [0.5, 0.6) is 0 Å². The molecule has 2 heterocycles.